The lowest BCUT2D eigenvalue weighted by molar-refractivity contribution is -0.576. The minimum absolute atomic E-state index is 0.129. The highest BCUT2D eigenvalue weighted by Crippen LogP contribution is 2.62. The number of fused-ring (bicyclic) bond motifs is 2. The van der Waals surface area contributed by atoms with Crippen LogP contribution < -0.4 is 5.32 Å². The summed E-state index contributed by atoms with van der Waals surface area (Å²) in [4.78, 5) is 25.1. The molecule has 4 aliphatic heterocycles. The molecule has 5 aliphatic rings. The summed E-state index contributed by atoms with van der Waals surface area (Å²) < 4.78 is 36.9. The van der Waals surface area contributed by atoms with Crippen LogP contribution in [-0.2, 0) is 33.9 Å². The molecule has 8 atom stereocenters. The van der Waals surface area contributed by atoms with E-state index in [0.717, 1.165) is 31.9 Å². The molecule has 6 rings (SSSR count). The van der Waals surface area contributed by atoms with Gasteiger partial charge in [-0.3, -0.25) is 4.79 Å². The molecule has 2 bridgehead atoms. The number of hydrogen-bond acceptors (Lipinski definition) is 7. The molecule has 35 heavy (non-hydrogen) atoms. The highest BCUT2D eigenvalue weighted by Gasteiger charge is 2.70. The van der Waals surface area contributed by atoms with Gasteiger partial charge in [0.1, 0.15) is 0 Å². The van der Waals surface area contributed by atoms with Crippen molar-refractivity contribution in [3.8, 4) is 0 Å². The summed E-state index contributed by atoms with van der Waals surface area (Å²) in [6.45, 7) is 8.46. The molecular formula is C26H37NO7S. The Morgan fingerprint density at radius 1 is 1.09 bits per heavy atom. The maximum absolute atomic E-state index is 12.8. The van der Waals surface area contributed by atoms with Crippen LogP contribution >= 0.6 is 0 Å². The van der Waals surface area contributed by atoms with Crippen LogP contribution in [0.5, 0.6) is 0 Å². The van der Waals surface area contributed by atoms with Crippen LogP contribution in [-0.4, -0.2) is 43.9 Å². The lowest BCUT2D eigenvalue weighted by atomic mass is 9.55. The predicted molar refractivity (Wildman–Crippen MR) is 129 cm³/mol. The zero-order chi connectivity index (χ0) is 25.2. The number of nitrogens with one attached hydrogen (secondary N) is 1. The maximum atomic E-state index is 12.8. The summed E-state index contributed by atoms with van der Waals surface area (Å²) in [6, 6.07) is 6.32. The summed E-state index contributed by atoms with van der Waals surface area (Å²) in [5.74, 6) is 0.108. The molecule has 1 aromatic carbocycles. The number of benzene rings is 1. The van der Waals surface area contributed by atoms with Crippen molar-refractivity contribution in [1.82, 2.24) is 0 Å². The van der Waals surface area contributed by atoms with E-state index in [1.807, 2.05) is 6.92 Å². The first-order valence-electron chi connectivity index (χ1n) is 12.7. The van der Waals surface area contributed by atoms with E-state index in [1.54, 1.807) is 12.1 Å². The van der Waals surface area contributed by atoms with Gasteiger partial charge in [-0.1, -0.05) is 19.9 Å². The molecule has 4 heterocycles. The first-order valence-corrected chi connectivity index (χ1v) is 14.6. The third-order valence-corrected chi connectivity index (χ3v) is 10.2. The van der Waals surface area contributed by atoms with Crippen molar-refractivity contribution in [2.75, 3.05) is 11.6 Å². The molecular weight excluding hydrogens is 470 g/mol. The fourth-order valence-corrected chi connectivity index (χ4v) is 7.51. The van der Waals surface area contributed by atoms with Crippen LogP contribution in [0.25, 0.3) is 0 Å². The number of carbonyl (C=O) groups excluding carboxylic acids is 1. The van der Waals surface area contributed by atoms with E-state index >= 15 is 0 Å². The normalized spacial score (nSPS) is 42.7. The molecule has 1 unspecified atom stereocenters. The molecule has 1 spiro atoms. The van der Waals surface area contributed by atoms with E-state index in [-0.39, 0.29) is 29.1 Å². The Hall–Kier alpha value is -1.52. The minimum atomic E-state index is -3.35. The van der Waals surface area contributed by atoms with E-state index in [4.69, 9.17) is 19.2 Å². The fraction of sp³-hybridized carbons (Fsp3) is 0.731. The third kappa shape index (κ3) is 4.23. The Morgan fingerprint density at radius 3 is 2.60 bits per heavy atom. The Kier molecular flexibility index (Phi) is 6.12. The fourth-order valence-electron chi connectivity index (χ4n) is 6.84. The second-order valence-corrected chi connectivity index (χ2v) is 13.5. The van der Waals surface area contributed by atoms with Gasteiger partial charge in [0.25, 0.3) is 0 Å². The number of sulfone groups is 1. The molecule has 0 radical (unpaired) electrons. The zero-order valence-electron chi connectivity index (χ0n) is 21.2. The molecule has 1 aliphatic carbocycles. The van der Waals surface area contributed by atoms with Crippen LogP contribution in [0.2, 0.25) is 0 Å². The highest BCUT2D eigenvalue weighted by atomic mass is 32.2. The van der Waals surface area contributed by atoms with Gasteiger partial charge in [-0.05, 0) is 75.5 Å². The van der Waals surface area contributed by atoms with Crippen molar-refractivity contribution in [3.05, 3.63) is 24.3 Å². The van der Waals surface area contributed by atoms with Crippen LogP contribution in [0.4, 0.5) is 5.69 Å². The average Bonchev–Trinajstić information content (AvgIpc) is 3.02. The first kappa shape index (κ1) is 25.1. The van der Waals surface area contributed by atoms with Gasteiger partial charge >= 0.3 is 0 Å². The van der Waals surface area contributed by atoms with Crippen LogP contribution in [0.3, 0.4) is 0 Å². The van der Waals surface area contributed by atoms with E-state index in [0.29, 0.717) is 23.9 Å². The van der Waals surface area contributed by atoms with Crippen molar-refractivity contribution < 1.29 is 32.5 Å². The third-order valence-electron chi connectivity index (χ3n) is 9.11. The van der Waals surface area contributed by atoms with Gasteiger partial charge in [0, 0.05) is 30.7 Å². The summed E-state index contributed by atoms with van der Waals surface area (Å²) >= 11 is 0. The minimum Gasteiger partial charge on any atom is -0.343 e. The zero-order valence-corrected chi connectivity index (χ0v) is 22.0. The second kappa shape index (κ2) is 8.52. The lowest BCUT2D eigenvalue weighted by Gasteiger charge is -2.63. The number of rotatable bonds is 5. The Bertz CT molecular complexity index is 1110. The highest BCUT2D eigenvalue weighted by molar-refractivity contribution is 7.90. The molecule has 194 valence electrons. The van der Waals surface area contributed by atoms with Gasteiger partial charge in [-0.2, -0.15) is 0 Å². The Balaban J connectivity index is 1.33. The molecule has 4 saturated heterocycles. The molecule has 1 amide bonds. The smallest absolute Gasteiger partial charge is 0.224 e. The summed E-state index contributed by atoms with van der Waals surface area (Å²) in [6.07, 6.45) is 5.22. The van der Waals surface area contributed by atoms with Crippen molar-refractivity contribution in [2.45, 2.75) is 94.4 Å². The van der Waals surface area contributed by atoms with Crippen molar-refractivity contribution >= 4 is 21.4 Å². The quantitative estimate of drug-likeness (QED) is 0.588. The maximum Gasteiger partial charge on any atom is 0.224 e. The van der Waals surface area contributed by atoms with Gasteiger partial charge in [0.15, 0.2) is 21.7 Å². The van der Waals surface area contributed by atoms with Crippen molar-refractivity contribution in [2.24, 2.45) is 23.7 Å². The Morgan fingerprint density at radius 2 is 1.86 bits per heavy atom. The van der Waals surface area contributed by atoms with Crippen LogP contribution in [0.15, 0.2) is 29.2 Å². The molecule has 5 fully saturated rings. The number of hydrogen-bond donors (Lipinski definition) is 1. The molecule has 1 saturated carbocycles. The average molecular weight is 508 g/mol. The molecule has 8 nitrogen and oxygen atoms in total. The monoisotopic (exact) mass is 507 g/mol. The van der Waals surface area contributed by atoms with Crippen molar-refractivity contribution in [3.63, 3.8) is 0 Å². The first-order chi connectivity index (χ1) is 16.4. The van der Waals surface area contributed by atoms with Gasteiger partial charge < -0.3 is 14.8 Å². The predicted octanol–water partition coefficient (Wildman–Crippen LogP) is 4.45. The van der Waals surface area contributed by atoms with E-state index in [2.05, 4.69) is 26.1 Å². The van der Waals surface area contributed by atoms with Gasteiger partial charge in [0.2, 0.25) is 11.7 Å². The van der Waals surface area contributed by atoms with E-state index in [1.165, 1.54) is 12.1 Å². The largest absolute Gasteiger partial charge is 0.343 e. The topological polar surface area (TPSA) is 100 Å². The number of anilines is 1. The SMILES string of the molecule is C[C@@H]1CC[C@H]2[C@@H](C)C(C)(CCC(=O)Nc3cccc(S(C)(=O)=O)c3)O[C@@H]3O[C@]4(C)CC[C@@H]1[C@]32OO4. The molecule has 1 aromatic rings. The summed E-state index contributed by atoms with van der Waals surface area (Å²) in [5, 5.41) is 2.84. The van der Waals surface area contributed by atoms with Gasteiger partial charge in [-0.15, -0.1) is 0 Å². The van der Waals surface area contributed by atoms with Crippen molar-refractivity contribution in [1.29, 1.82) is 0 Å². The van der Waals surface area contributed by atoms with Gasteiger partial charge in [0.05, 0.1) is 10.5 Å². The lowest BCUT2D eigenvalue weighted by Crippen LogP contribution is -2.72. The molecule has 0 aromatic heterocycles. The number of carbonyl (C=O) groups is 1. The second-order valence-electron chi connectivity index (χ2n) is 11.5. The van der Waals surface area contributed by atoms with Gasteiger partial charge in [-0.25, -0.2) is 18.2 Å². The Labute approximate surface area is 207 Å². The molecule has 9 heteroatoms. The number of amides is 1. The van der Waals surface area contributed by atoms with E-state index < -0.39 is 33.1 Å². The van der Waals surface area contributed by atoms with E-state index in [9.17, 15) is 13.2 Å². The standard InChI is InChI=1S/C26H37NO7S/c1-16-9-10-21-17(2)24(3,31-23-26(21)20(16)11-14-25(4,32-23)33-34-26)13-12-22(28)27-18-7-6-8-19(15-18)35(5,29)30/h6-8,15-17,20-21,23H,9-14H2,1-5H3,(H,27,28)/t16-,17-,20+,21+,23-,24?,25+,26-/m1/s1. The van der Waals surface area contributed by atoms with Crippen LogP contribution in [0, 0.1) is 23.7 Å². The summed E-state index contributed by atoms with van der Waals surface area (Å²) in [7, 11) is -3.35. The number of ether oxygens (including phenoxy) is 2. The molecule has 1 N–H and O–H groups in total. The van der Waals surface area contributed by atoms with Crippen LogP contribution in [0.1, 0.15) is 66.2 Å². The summed E-state index contributed by atoms with van der Waals surface area (Å²) in [5.41, 5.74) is -0.741.